The maximum absolute atomic E-state index is 11.9. The van der Waals surface area contributed by atoms with Crippen LogP contribution in [0.5, 0.6) is 5.75 Å². The van der Waals surface area contributed by atoms with E-state index in [0.717, 1.165) is 19.0 Å². The normalized spacial score (nSPS) is 17.7. The van der Waals surface area contributed by atoms with Gasteiger partial charge in [-0.2, -0.15) is 5.10 Å². The van der Waals surface area contributed by atoms with Gasteiger partial charge in [0.1, 0.15) is 11.5 Å². The Bertz CT molecular complexity index is 829. The molecule has 9 heteroatoms. The lowest BCUT2D eigenvalue weighted by atomic mass is 10.2. The lowest BCUT2D eigenvalue weighted by Gasteiger charge is -2.26. The first kappa shape index (κ1) is 20.2. The molecule has 0 radical (unpaired) electrons. The lowest BCUT2D eigenvalue weighted by molar-refractivity contribution is -0.123. The summed E-state index contributed by atoms with van der Waals surface area (Å²) in [5, 5.41) is 3.93. The Morgan fingerprint density at radius 2 is 1.93 bits per heavy atom. The summed E-state index contributed by atoms with van der Waals surface area (Å²) < 4.78 is 17.1. The topological polar surface area (TPSA) is 76.3 Å². The zero-order valence-electron chi connectivity index (χ0n) is 15.9. The van der Waals surface area contributed by atoms with Crippen LogP contribution in [0, 0.1) is 0 Å². The average Bonchev–Trinajstić information content (AvgIpc) is 3.46. The number of anilines is 1. The molecule has 0 atom stereocenters. The Hall–Kier alpha value is -2.10. The molecule has 29 heavy (non-hydrogen) atoms. The molecule has 1 N–H and O–H groups in total. The molecule has 2 fully saturated rings. The zero-order chi connectivity index (χ0) is 19.9. The highest BCUT2D eigenvalue weighted by atomic mass is 32.2. The number of hydrazone groups is 1. The van der Waals surface area contributed by atoms with Crippen LogP contribution in [0.4, 0.5) is 5.88 Å². The molecule has 4 rings (SSSR count). The average molecular weight is 434 g/mol. The van der Waals surface area contributed by atoms with Gasteiger partial charge in [0.2, 0.25) is 0 Å². The summed E-state index contributed by atoms with van der Waals surface area (Å²) in [5.74, 6) is 4.09. The van der Waals surface area contributed by atoms with Crippen molar-refractivity contribution >= 4 is 41.5 Å². The summed E-state index contributed by atoms with van der Waals surface area (Å²) in [6.45, 7) is 2.90. The van der Waals surface area contributed by atoms with E-state index in [0.29, 0.717) is 29.3 Å². The van der Waals surface area contributed by atoms with Crippen molar-refractivity contribution in [2.24, 2.45) is 5.10 Å². The van der Waals surface area contributed by atoms with Gasteiger partial charge in [-0.25, -0.2) is 5.43 Å². The number of amides is 1. The van der Waals surface area contributed by atoms with Crippen molar-refractivity contribution in [2.45, 2.75) is 4.58 Å². The summed E-state index contributed by atoms with van der Waals surface area (Å²) in [6, 6.07) is 11.6. The zero-order valence-corrected chi connectivity index (χ0v) is 17.5. The number of rotatable bonds is 7. The van der Waals surface area contributed by atoms with Crippen molar-refractivity contribution in [3.63, 3.8) is 0 Å². The Balaban J connectivity index is 1.20. The minimum absolute atomic E-state index is 0.0964. The van der Waals surface area contributed by atoms with Crippen LogP contribution in [-0.4, -0.2) is 56.5 Å². The summed E-state index contributed by atoms with van der Waals surface area (Å²) >= 11 is 3.93. The molecule has 154 valence electrons. The molecule has 0 bridgehead atoms. The van der Waals surface area contributed by atoms with Gasteiger partial charge >= 0.3 is 0 Å². The fraction of sp³-hybridized carbons (Fsp3) is 0.400. The Morgan fingerprint density at radius 1 is 1.17 bits per heavy atom. The van der Waals surface area contributed by atoms with Crippen LogP contribution in [-0.2, 0) is 9.53 Å². The van der Waals surface area contributed by atoms with Crippen molar-refractivity contribution in [1.82, 2.24) is 5.43 Å². The number of morpholine rings is 1. The molecule has 0 unspecified atom stereocenters. The van der Waals surface area contributed by atoms with Crippen molar-refractivity contribution in [3.8, 4) is 5.75 Å². The number of carbonyl (C=O) groups excluding carboxylic acids is 1. The smallest absolute Gasteiger partial charge is 0.277 e. The van der Waals surface area contributed by atoms with E-state index in [1.807, 2.05) is 47.8 Å². The van der Waals surface area contributed by atoms with E-state index in [4.69, 9.17) is 13.9 Å². The van der Waals surface area contributed by atoms with Gasteiger partial charge in [0.15, 0.2) is 12.5 Å². The second-order valence-electron chi connectivity index (χ2n) is 6.50. The number of furan rings is 1. The quantitative estimate of drug-likeness (QED) is 0.531. The van der Waals surface area contributed by atoms with Gasteiger partial charge in [-0.3, -0.25) is 4.79 Å². The number of nitrogens with one attached hydrogen (secondary N) is 1. The number of carbonyl (C=O) groups is 1. The van der Waals surface area contributed by atoms with Crippen LogP contribution in [0.2, 0.25) is 0 Å². The maximum Gasteiger partial charge on any atom is 0.277 e. The fourth-order valence-corrected chi connectivity index (χ4v) is 5.85. The van der Waals surface area contributed by atoms with E-state index in [2.05, 4.69) is 27.6 Å². The summed E-state index contributed by atoms with van der Waals surface area (Å²) in [6.07, 6.45) is 1.48. The molecule has 2 aliphatic rings. The van der Waals surface area contributed by atoms with E-state index in [1.54, 1.807) is 0 Å². The van der Waals surface area contributed by atoms with Gasteiger partial charge in [0.25, 0.3) is 5.91 Å². The first-order chi connectivity index (χ1) is 14.3. The summed E-state index contributed by atoms with van der Waals surface area (Å²) in [7, 11) is 0. The molecular weight excluding hydrogens is 410 g/mol. The lowest BCUT2D eigenvalue weighted by Crippen LogP contribution is -2.35. The molecule has 1 amide bonds. The number of ether oxygens (including phenoxy) is 2. The Labute approximate surface area is 178 Å². The molecular formula is C20H23N3O4S2. The van der Waals surface area contributed by atoms with Crippen molar-refractivity contribution in [1.29, 1.82) is 0 Å². The molecule has 1 aromatic carbocycles. The van der Waals surface area contributed by atoms with Crippen LogP contribution in [0.1, 0.15) is 15.9 Å². The molecule has 0 saturated carbocycles. The fourth-order valence-electron chi connectivity index (χ4n) is 2.99. The van der Waals surface area contributed by atoms with Crippen molar-refractivity contribution in [2.75, 3.05) is 49.3 Å². The van der Waals surface area contributed by atoms with Crippen molar-refractivity contribution < 1.29 is 18.7 Å². The third-order valence-electron chi connectivity index (χ3n) is 4.46. The van der Waals surface area contributed by atoms with Crippen LogP contribution in [0.25, 0.3) is 0 Å². The highest BCUT2D eigenvalue weighted by Crippen LogP contribution is 2.45. The summed E-state index contributed by atoms with van der Waals surface area (Å²) in [4.78, 5) is 14.0. The number of thioether (sulfide) groups is 2. The van der Waals surface area contributed by atoms with Crippen LogP contribution >= 0.6 is 23.5 Å². The number of hydrogen-bond acceptors (Lipinski definition) is 8. The van der Waals surface area contributed by atoms with E-state index in [-0.39, 0.29) is 12.5 Å². The molecule has 2 aliphatic heterocycles. The predicted molar refractivity (Wildman–Crippen MR) is 117 cm³/mol. The SMILES string of the molecule is O=C(COc1ccc(C2SCCS2)cc1)N/N=C\c1ccc(N2CCOCC2)o1. The van der Waals surface area contributed by atoms with E-state index >= 15 is 0 Å². The second-order valence-corrected chi connectivity index (χ2v) is 9.22. The molecule has 3 heterocycles. The molecule has 0 aliphatic carbocycles. The maximum atomic E-state index is 11.9. The number of hydrogen-bond donors (Lipinski definition) is 1. The van der Waals surface area contributed by atoms with Gasteiger partial charge in [0.05, 0.1) is 24.0 Å². The van der Waals surface area contributed by atoms with Crippen molar-refractivity contribution in [3.05, 3.63) is 47.7 Å². The minimum Gasteiger partial charge on any atom is -0.484 e. The number of benzene rings is 1. The molecule has 1 aromatic heterocycles. The Kier molecular flexibility index (Phi) is 7.02. The summed E-state index contributed by atoms with van der Waals surface area (Å²) in [5.41, 5.74) is 3.74. The van der Waals surface area contributed by atoms with Gasteiger partial charge in [-0.1, -0.05) is 12.1 Å². The van der Waals surface area contributed by atoms with E-state index < -0.39 is 0 Å². The minimum atomic E-state index is -0.327. The first-order valence-corrected chi connectivity index (χ1v) is 11.6. The largest absolute Gasteiger partial charge is 0.484 e. The van der Waals surface area contributed by atoms with E-state index in [1.165, 1.54) is 23.3 Å². The van der Waals surface area contributed by atoms with Crippen LogP contribution in [0.15, 0.2) is 45.9 Å². The number of nitrogens with zero attached hydrogens (tertiary/aromatic N) is 2. The molecule has 0 spiro atoms. The molecule has 2 aromatic rings. The predicted octanol–water partition coefficient (Wildman–Crippen LogP) is 3.12. The van der Waals surface area contributed by atoms with Gasteiger partial charge in [0, 0.05) is 30.7 Å². The highest BCUT2D eigenvalue weighted by Gasteiger charge is 2.18. The third-order valence-corrected chi connectivity index (χ3v) is 7.56. The van der Waals surface area contributed by atoms with Gasteiger partial charge in [-0.15, -0.1) is 23.5 Å². The molecule has 7 nitrogen and oxygen atoms in total. The highest BCUT2D eigenvalue weighted by molar-refractivity contribution is 8.19. The third kappa shape index (κ3) is 5.71. The van der Waals surface area contributed by atoms with Gasteiger partial charge in [-0.05, 0) is 23.8 Å². The molecule has 2 saturated heterocycles. The first-order valence-electron chi connectivity index (χ1n) is 9.48. The second kappa shape index (κ2) is 10.1. The Morgan fingerprint density at radius 3 is 2.69 bits per heavy atom. The van der Waals surface area contributed by atoms with Gasteiger partial charge < -0.3 is 18.8 Å². The monoisotopic (exact) mass is 433 g/mol. The van der Waals surface area contributed by atoms with Crippen LogP contribution in [0.3, 0.4) is 0 Å². The standard InChI is InChI=1S/C20H23N3O4S2/c24-18(14-26-16-3-1-15(2-4-16)20-28-11-12-29-20)22-21-13-17-5-6-19(27-17)23-7-9-25-10-8-23/h1-6,13,20H,7-12,14H2,(H,22,24)/b21-13-. The van der Waals surface area contributed by atoms with E-state index in [9.17, 15) is 4.79 Å². The van der Waals surface area contributed by atoms with Crippen LogP contribution < -0.4 is 15.1 Å².